The summed E-state index contributed by atoms with van der Waals surface area (Å²) in [5.74, 6) is 10.5. The molecule has 0 unspecified atom stereocenters. The van der Waals surface area contributed by atoms with Crippen LogP contribution in [0.5, 0.6) is 0 Å². The van der Waals surface area contributed by atoms with E-state index in [9.17, 15) is 0 Å². The van der Waals surface area contributed by atoms with Gasteiger partial charge < -0.3 is 18.8 Å². The van der Waals surface area contributed by atoms with E-state index in [4.69, 9.17) is 30.6 Å². The third-order valence-corrected chi connectivity index (χ3v) is 3.01. The van der Waals surface area contributed by atoms with Crippen LogP contribution in [0.4, 0.5) is 0 Å². The quantitative estimate of drug-likeness (QED) is 0.372. The molecule has 0 aliphatic carbocycles. The smallest absolute Gasteiger partial charge is 0.404 e. The van der Waals surface area contributed by atoms with Crippen LogP contribution in [0.1, 0.15) is 0 Å². The second-order valence-corrected chi connectivity index (χ2v) is 4.50. The summed E-state index contributed by atoms with van der Waals surface area (Å²) in [7, 11) is -1.28. The van der Waals surface area contributed by atoms with Gasteiger partial charge in [-0.2, -0.15) is 0 Å². The highest BCUT2D eigenvalue weighted by molar-refractivity contribution is 6.61. The lowest BCUT2D eigenvalue weighted by Crippen LogP contribution is -2.42. The lowest BCUT2D eigenvalue weighted by atomic mass is 9.79. The molecule has 0 radical (unpaired) electrons. The lowest BCUT2D eigenvalue weighted by Gasteiger charge is -2.14. The van der Waals surface area contributed by atoms with E-state index in [2.05, 4.69) is 0 Å². The van der Waals surface area contributed by atoms with Crippen LogP contribution in [-0.2, 0) is 18.8 Å². The lowest BCUT2D eigenvalue weighted by molar-refractivity contribution is 0.147. The highest BCUT2D eigenvalue weighted by atomic mass is 16.7. The molecule has 0 heterocycles. The average Bonchev–Trinajstić information content (AvgIpc) is 2.60. The van der Waals surface area contributed by atoms with Gasteiger partial charge in [0.1, 0.15) is 0 Å². The Morgan fingerprint density at radius 2 is 1.00 bits per heavy atom. The summed E-state index contributed by atoms with van der Waals surface area (Å²) in [6, 6.07) is 18.8. The normalized spacial score (nSPS) is 10.5. The van der Waals surface area contributed by atoms with E-state index in [1.165, 1.54) is 0 Å². The van der Waals surface area contributed by atoms with Gasteiger partial charge in [0.15, 0.2) is 0 Å². The fourth-order valence-corrected chi connectivity index (χ4v) is 1.96. The highest BCUT2D eigenvalue weighted by Crippen LogP contribution is 1.94. The molecule has 22 heavy (non-hydrogen) atoms. The van der Waals surface area contributed by atoms with Gasteiger partial charge in [-0.1, -0.05) is 60.7 Å². The van der Waals surface area contributed by atoms with Gasteiger partial charge in [-0.3, -0.25) is 0 Å². The van der Waals surface area contributed by atoms with E-state index in [0.29, 0.717) is 0 Å². The second kappa shape index (κ2) is 9.37. The molecule has 0 aromatic heterocycles. The van der Waals surface area contributed by atoms with Crippen molar-refractivity contribution in [1.82, 2.24) is 0 Å². The Morgan fingerprint density at radius 1 is 0.636 bits per heavy atom. The molecule has 0 saturated heterocycles. The molecule has 4 N–H and O–H groups in total. The summed E-state index contributed by atoms with van der Waals surface area (Å²) in [4.78, 5) is 0. The topological polar surface area (TPSA) is 89.0 Å². The van der Waals surface area contributed by atoms with Gasteiger partial charge in [0.2, 0.25) is 0 Å². The van der Waals surface area contributed by atoms with Crippen molar-refractivity contribution in [1.29, 1.82) is 0 Å². The summed E-state index contributed by atoms with van der Waals surface area (Å²) in [6.45, 7) is 0.562. The predicted octanol–water partition coefficient (Wildman–Crippen LogP) is -0.409. The van der Waals surface area contributed by atoms with Crippen LogP contribution in [0.25, 0.3) is 0 Å². The standard InChI is InChI=1S/C14H18B2N2O4/c17-21-15(13-7-3-1-4-8-13)19-11-12-20-16(22-18)14-9-5-2-6-10-14/h1-10H,11-12,17-18H2. The number of rotatable bonds is 9. The Hall–Kier alpha value is -1.67. The zero-order chi connectivity index (χ0) is 15.6. The summed E-state index contributed by atoms with van der Waals surface area (Å²) in [6.07, 6.45) is 0. The van der Waals surface area contributed by atoms with Crippen molar-refractivity contribution < 1.29 is 18.8 Å². The maximum Gasteiger partial charge on any atom is 0.511 e. The number of hydrogen-bond acceptors (Lipinski definition) is 6. The van der Waals surface area contributed by atoms with Crippen molar-refractivity contribution in [2.75, 3.05) is 13.2 Å². The summed E-state index contributed by atoms with van der Waals surface area (Å²) < 4.78 is 20.7. The van der Waals surface area contributed by atoms with Gasteiger partial charge in [0, 0.05) is 0 Å². The van der Waals surface area contributed by atoms with Crippen LogP contribution in [-0.4, -0.2) is 27.5 Å². The van der Waals surface area contributed by atoms with Crippen LogP contribution in [0.2, 0.25) is 0 Å². The summed E-state index contributed by atoms with van der Waals surface area (Å²) in [5, 5.41) is 0. The van der Waals surface area contributed by atoms with Crippen molar-refractivity contribution in [3.63, 3.8) is 0 Å². The molecule has 0 bridgehead atoms. The van der Waals surface area contributed by atoms with Gasteiger partial charge in [0.25, 0.3) is 0 Å². The van der Waals surface area contributed by atoms with E-state index >= 15 is 0 Å². The van der Waals surface area contributed by atoms with Crippen molar-refractivity contribution in [2.45, 2.75) is 0 Å². The second-order valence-electron chi connectivity index (χ2n) is 4.50. The van der Waals surface area contributed by atoms with Crippen molar-refractivity contribution in [2.24, 2.45) is 11.8 Å². The van der Waals surface area contributed by atoms with E-state index in [0.717, 1.165) is 10.9 Å². The third-order valence-electron chi connectivity index (χ3n) is 3.01. The molecule has 0 aliphatic rings. The maximum atomic E-state index is 5.54. The van der Waals surface area contributed by atoms with E-state index < -0.39 is 14.2 Å². The van der Waals surface area contributed by atoms with Crippen molar-refractivity contribution in [3.8, 4) is 0 Å². The largest absolute Gasteiger partial charge is 0.511 e. The van der Waals surface area contributed by atoms with Gasteiger partial charge in [-0.25, -0.2) is 11.8 Å². The zero-order valence-electron chi connectivity index (χ0n) is 12.1. The molecule has 0 saturated carbocycles. The molecule has 2 aromatic carbocycles. The Labute approximate surface area is 130 Å². The molecule has 0 aliphatic heterocycles. The average molecular weight is 300 g/mol. The molecular formula is C14H18B2N2O4. The van der Waals surface area contributed by atoms with Crippen LogP contribution < -0.4 is 22.7 Å². The molecule has 0 atom stereocenters. The minimum atomic E-state index is -0.640. The highest BCUT2D eigenvalue weighted by Gasteiger charge is 2.22. The first-order chi connectivity index (χ1) is 10.8. The summed E-state index contributed by atoms with van der Waals surface area (Å²) in [5.41, 5.74) is 1.67. The first-order valence-electron chi connectivity index (χ1n) is 6.89. The number of hydrogen-bond donors (Lipinski definition) is 2. The van der Waals surface area contributed by atoms with Crippen LogP contribution in [0, 0.1) is 0 Å². The van der Waals surface area contributed by atoms with Crippen LogP contribution >= 0.6 is 0 Å². The monoisotopic (exact) mass is 300 g/mol. The van der Waals surface area contributed by atoms with Gasteiger partial charge >= 0.3 is 14.2 Å². The predicted molar refractivity (Wildman–Crippen MR) is 86.1 cm³/mol. The molecule has 8 heteroatoms. The zero-order valence-corrected chi connectivity index (χ0v) is 12.1. The fraction of sp³-hybridized carbons (Fsp3) is 0.143. The first-order valence-corrected chi connectivity index (χ1v) is 6.89. The first kappa shape index (κ1) is 16.7. The molecule has 2 rings (SSSR count). The Kier molecular flexibility index (Phi) is 7.11. The molecule has 2 aromatic rings. The Balaban J connectivity index is 1.78. The molecule has 114 valence electrons. The molecule has 0 spiro atoms. The fourth-order valence-electron chi connectivity index (χ4n) is 1.96. The molecular weight excluding hydrogens is 282 g/mol. The van der Waals surface area contributed by atoms with E-state index in [1.807, 2.05) is 60.7 Å². The van der Waals surface area contributed by atoms with Gasteiger partial charge in [-0.05, 0) is 10.9 Å². The van der Waals surface area contributed by atoms with Crippen molar-refractivity contribution >= 4 is 25.2 Å². The number of nitrogens with two attached hydrogens (primary N) is 2. The van der Waals surface area contributed by atoms with E-state index in [1.54, 1.807) is 0 Å². The van der Waals surface area contributed by atoms with Crippen LogP contribution in [0.3, 0.4) is 0 Å². The minimum absolute atomic E-state index is 0.281. The van der Waals surface area contributed by atoms with Crippen LogP contribution in [0.15, 0.2) is 60.7 Å². The Bertz CT molecular complexity index is 483. The molecule has 0 amide bonds. The summed E-state index contributed by atoms with van der Waals surface area (Å²) >= 11 is 0. The van der Waals surface area contributed by atoms with Gasteiger partial charge in [0.05, 0.1) is 13.2 Å². The molecule has 0 fully saturated rings. The van der Waals surface area contributed by atoms with E-state index in [-0.39, 0.29) is 13.2 Å². The molecule has 6 nitrogen and oxygen atoms in total. The third kappa shape index (κ3) is 4.96. The maximum absolute atomic E-state index is 5.54. The number of benzene rings is 2. The SMILES string of the molecule is NOB(OCCOB(ON)c1ccccc1)c1ccccc1. The van der Waals surface area contributed by atoms with Crippen molar-refractivity contribution in [3.05, 3.63) is 60.7 Å². The van der Waals surface area contributed by atoms with Gasteiger partial charge in [-0.15, -0.1) is 0 Å². The Morgan fingerprint density at radius 3 is 1.32 bits per heavy atom. The minimum Gasteiger partial charge on any atom is -0.404 e.